The van der Waals surface area contributed by atoms with Crippen LogP contribution in [-0.2, 0) is 0 Å². The molecule has 8 nitrogen and oxygen atoms in total. The third-order valence-electron chi connectivity index (χ3n) is 5.24. The summed E-state index contributed by atoms with van der Waals surface area (Å²) < 4.78 is 1.91. The maximum absolute atomic E-state index is 9.99. The summed E-state index contributed by atoms with van der Waals surface area (Å²) in [4.78, 5) is 3.05. The molecule has 0 amide bonds. The predicted molar refractivity (Wildman–Crippen MR) is 96.5 cm³/mol. The molecule has 3 heterocycles. The molecule has 0 unspecified atom stereocenters. The van der Waals surface area contributed by atoms with Crippen molar-refractivity contribution in [2.75, 3.05) is 12.1 Å². The standard InChI is InChI=1S/C18H21N7O/c1-24(26)18-16(14-7-9-20-17(14)22-23-18)13-10-21-25(11-13)15(6-8-19)12-4-2-3-5-12/h7,9-12,15,26H,2-6H2,1H3,(H,20,22)/t15-/m1/s1. The molecular weight excluding hydrogens is 330 g/mol. The van der Waals surface area contributed by atoms with Gasteiger partial charge in [0.05, 0.1) is 24.7 Å². The molecule has 3 aromatic rings. The fraction of sp³-hybridized carbons (Fsp3) is 0.444. The fourth-order valence-corrected chi connectivity index (χ4v) is 3.98. The second kappa shape index (κ2) is 6.77. The molecule has 0 radical (unpaired) electrons. The van der Waals surface area contributed by atoms with E-state index in [-0.39, 0.29) is 6.04 Å². The van der Waals surface area contributed by atoms with Gasteiger partial charge < -0.3 is 4.98 Å². The summed E-state index contributed by atoms with van der Waals surface area (Å²) in [5.74, 6) is 0.861. The average Bonchev–Trinajstić information content (AvgIpc) is 3.39. The average molecular weight is 351 g/mol. The van der Waals surface area contributed by atoms with E-state index in [1.54, 1.807) is 12.4 Å². The lowest BCUT2D eigenvalue weighted by Gasteiger charge is -2.21. The number of hydroxylamine groups is 1. The quantitative estimate of drug-likeness (QED) is 0.683. The zero-order valence-electron chi connectivity index (χ0n) is 14.6. The SMILES string of the molecule is CN(O)c1nnc2[nH]ccc2c1-c1cnn([C@H](CC#N)C2CCCC2)c1. The Kier molecular flexibility index (Phi) is 4.31. The van der Waals surface area contributed by atoms with E-state index in [4.69, 9.17) is 0 Å². The number of H-pyrrole nitrogens is 1. The van der Waals surface area contributed by atoms with Crippen molar-refractivity contribution < 1.29 is 5.21 Å². The monoisotopic (exact) mass is 351 g/mol. The highest BCUT2D eigenvalue weighted by molar-refractivity contribution is 5.97. The van der Waals surface area contributed by atoms with Crippen LogP contribution >= 0.6 is 0 Å². The number of nitrogens with one attached hydrogen (secondary N) is 1. The summed E-state index contributed by atoms with van der Waals surface area (Å²) in [5, 5.41) is 33.9. The van der Waals surface area contributed by atoms with E-state index in [2.05, 4.69) is 26.3 Å². The maximum Gasteiger partial charge on any atom is 0.183 e. The third kappa shape index (κ3) is 2.80. The van der Waals surface area contributed by atoms with Gasteiger partial charge in [-0.25, -0.2) is 5.06 Å². The molecule has 4 rings (SSSR count). The van der Waals surface area contributed by atoms with Gasteiger partial charge in [-0.2, -0.15) is 10.4 Å². The number of rotatable bonds is 5. The second-order valence-corrected chi connectivity index (χ2v) is 6.85. The van der Waals surface area contributed by atoms with Gasteiger partial charge in [-0.1, -0.05) is 12.8 Å². The molecule has 8 heteroatoms. The number of nitriles is 1. The van der Waals surface area contributed by atoms with Crippen LogP contribution in [0.4, 0.5) is 5.82 Å². The topological polar surface area (TPSA) is 107 Å². The molecule has 1 atom stereocenters. The lowest BCUT2D eigenvalue weighted by molar-refractivity contribution is 0.276. The maximum atomic E-state index is 9.99. The van der Waals surface area contributed by atoms with Crippen LogP contribution in [0, 0.1) is 17.2 Å². The van der Waals surface area contributed by atoms with Crippen LogP contribution in [0.3, 0.4) is 0 Å². The number of anilines is 1. The Hall–Kier alpha value is -2.92. The minimum absolute atomic E-state index is 0.0862. The molecule has 1 saturated carbocycles. The molecule has 0 aromatic carbocycles. The van der Waals surface area contributed by atoms with E-state index in [0.29, 0.717) is 23.8 Å². The first-order valence-corrected chi connectivity index (χ1v) is 8.87. The second-order valence-electron chi connectivity index (χ2n) is 6.85. The minimum atomic E-state index is 0.0862. The Bertz CT molecular complexity index is 946. The number of hydrogen-bond acceptors (Lipinski definition) is 6. The van der Waals surface area contributed by atoms with E-state index in [9.17, 15) is 10.5 Å². The molecule has 1 fully saturated rings. The Morgan fingerprint density at radius 2 is 2.23 bits per heavy atom. The summed E-state index contributed by atoms with van der Waals surface area (Å²) in [6.07, 6.45) is 10.7. The van der Waals surface area contributed by atoms with Crippen molar-refractivity contribution in [3.63, 3.8) is 0 Å². The van der Waals surface area contributed by atoms with Crippen molar-refractivity contribution in [3.05, 3.63) is 24.7 Å². The van der Waals surface area contributed by atoms with E-state index >= 15 is 0 Å². The number of hydrogen-bond donors (Lipinski definition) is 2. The van der Waals surface area contributed by atoms with E-state index in [0.717, 1.165) is 34.4 Å². The third-order valence-corrected chi connectivity index (χ3v) is 5.24. The minimum Gasteiger partial charge on any atom is -0.345 e. The van der Waals surface area contributed by atoms with Gasteiger partial charge in [-0.3, -0.25) is 9.89 Å². The molecule has 0 aliphatic heterocycles. The molecule has 2 N–H and O–H groups in total. The van der Waals surface area contributed by atoms with Gasteiger partial charge in [0.1, 0.15) is 0 Å². The van der Waals surface area contributed by atoms with Crippen molar-refractivity contribution in [1.82, 2.24) is 25.0 Å². The molecule has 0 saturated heterocycles. The highest BCUT2D eigenvalue weighted by Gasteiger charge is 2.27. The summed E-state index contributed by atoms with van der Waals surface area (Å²) in [5.41, 5.74) is 2.28. The van der Waals surface area contributed by atoms with Crippen LogP contribution in [0.2, 0.25) is 0 Å². The molecule has 0 spiro atoms. The zero-order valence-corrected chi connectivity index (χ0v) is 14.6. The summed E-state index contributed by atoms with van der Waals surface area (Å²) >= 11 is 0. The Balaban J connectivity index is 1.78. The van der Waals surface area contributed by atoms with Crippen LogP contribution in [0.15, 0.2) is 24.7 Å². The molecule has 1 aliphatic rings. The number of nitrogens with zero attached hydrogens (tertiary/aromatic N) is 6. The Labute approximate surface area is 151 Å². The van der Waals surface area contributed by atoms with Gasteiger partial charge in [0.15, 0.2) is 11.5 Å². The van der Waals surface area contributed by atoms with Crippen molar-refractivity contribution in [2.45, 2.75) is 38.1 Å². The van der Waals surface area contributed by atoms with Crippen LogP contribution in [0.25, 0.3) is 22.2 Å². The number of aromatic nitrogens is 5. The van der Waals surface area contributed by atoms with Gasteiger partial charge in [-0.05, 0) is 24.8 Å². The van der Waals surface area contributed by atoms with E-state index in [1.165, 1.54) is 19.9 Å². The lowest BCUT2D eigenvalue weighted by Crippen LogP contribution is -2.17. The van der Waals surface area contributed by atoms with E-state index in [1.807, 2.05) is 16.9 Å². The van der Waals surface area contributed by atoms with Crippen LogP contribution < -0.4 is 5.06 Å². The largest absolute Gasteiger partial charge is 0.345 e. The van der Waals surface area contributed by atoms with Crippen molar-refractivity contribution in [3.8, 4) is 17.2 Å². The van der Waals surface area contributed by atoms with Crippen molar-refractivity contribution in [1.29, 1.82) is 5.26 Å². The Morgan fingerprint density at radius 3 is 2.96 bits per heavy atom. The number of fused-ring (bicyclic) bond motifs is 1. The van der Waals surface area contributed by atoms with Crippen molar-refractivity contribution in [2.24, 2.45) is 5.92 Å². The number of aromatic amines is 1. The fourth-order valence-electron chi connectivity index (χ4n) is 3.98. The normalized spacial score (nSPS) is 16.0. The first kappa shape index (κ1) is 16.5. The zero-order chi connectivity index (χ0) is 18.1. The molecule has 3 aromatic heterocycles. The first-order valence-electron chi connectivity index (χ1n) is 8.87. The van der Waals surface area contributed by atoms with Crippen LogP contribution in [0.1, 0.15) is 38.1 Å². The summed E-state index contributed by atoms with van der Waals surface area (Å²) in [7, 11) is 1.52. The highest BCUT2D eigenvalue weighted by atomic mass is 16.5. The van der Waals surface area contributed by atoms with Crippen molar-refractivity contribution >= 4 is 16.9 Å². The molecule has 1 aliphatic carbocycles. The predicted octanol–water partition coefficient (Wildman–Crippen LogP) is 3.29. The lowest BCUT2D eigenvalue weighted by atomic mass is 9.96. The van der Waals surface area contributed by atoms with Gasteiger partial charge in [-0.15, -0.1) is 10.2 Å². The smallest absolute Gasteiger partial charge is 0.183 e. The van der Waals surface area contributed by atoms with Crippen LogP contribution in [-0.4, -0.2) is 37.2 Å². The highest BCUT2D eigenvalue weighted by Crippen LogP contribution is 2.38. The van der Waals surface area contributed by atoms with Gasteiger partial charge in [0.2, 0.25) is 0 Å². The van der Waals surface area contributed by atoms with Gasteiger partial charge in [0.25, 0.3) is 0 Å². The van der Waals surface area contributed by atoms with Gasteiger partial charge >= 0.3 is 0 Å². The molecule has 26 heavy (non-hydrogen) atoms. The van der Waals surface area contributed by atoms with Gasteiger partial charge in [0, 0.05) is 36.0 Å². The summed E-state index contributed by atoms with van der Waals surface area (Å²) in [6.45, 7) is 0. The molecular formula is C18H21N7O. The van der Waals surface area contributed by atoms with Crippen LogP contribution in [0.5, 0.6) is 0 Å². The van der Waals surface area contributed by atoms with E-state index < -0.39 is 0 Å². The Morgan fingerprint density at radius 1 is 1.42 bits per heavy atom. The molecule has 134 valence electrons. The summed E-state index contributed by atoms with van der Waals surface area (Å²) in [6, 6.07) is 4.31. The first-order chi connectivity index (χ1) is 12.7. The molecule has 0 bridgehead atoms.